The van der Waals surface area contributed by atoms with Crippen molar-refractivity contribution in [2.45, 2.75) is 6.92 Å². The number of nitrogens with zero attached hydrogens (tertiary/aromatic N) is 1. The van der Waals surface area contributed by atoms with Crippen LogP contribution in [0.3, 0.4) is 0 Å². The smallest absolute Gasteiger partial charge is 0.250 e. The number of hydrogen-bond acceptors (Lipinski definition) is 6. The Balaban J connectivity index is 1.44. The van der Waals surface area contributed by atoms with Gasteiger partial charge in [-0.1, -0.05) is 17.4 Å². The molecule has 3 aromatic rings. The number of carbonyl (C=O) groups excluding carboxylic acids is 2. The first-order chi connectivity index (χ1) is 13.6. The molecule has 0 bridgehead atoms. The summed E-state index contributed by atoms with van der Waals surface area (Å²) < 4.78 is 11.9. The summed E-state index contributed by atoms with van der Waals surface area (Å²) in [6.07, 6.45) is 3.15. The lowest BCUT2D eigenvalue weighted by Crippen LogP contribution is -2.15. The number of anilines is 2. The van der Waals surface area contributed by atoms with Crippen LogP contribution in [-0.4, -0.2) is 30.0 Å². The van der Waals surface area contributed by atoms with E-state index in [0.717, 1.165) is 15.8 Å². The molecule has 2 aromatic carbocycles. The largest absolute Gasteiger partial charge is 0.486 e. The average molecular weight is 395 g/mol. The van der Waals surface area contributed by atoms with Crippen molar-refractivity contribution in [3.05, 3.63) is 48.0 Å². The number of benzene rings is 2. The molecule has 8 heteroatoms. The summed E-state index contributed by atoms with van der Waals surface area (Å²) in [7, 11) is 0. The van der Waals surface area contributed by atoms with Crippen LogP contribution in [0.25, 0.3) is 16.3 Å². The van der Waals surface area contributed by atoms with Gasteiger partial charge >= 0.3 is 0 Å². The molecule has 0 fully saturated rings. The normalized spacial score (nSPS) is 12.9. The lowest BCUT2D eigenvalue weighted by molar-refractivity contribution is -0.114. The molecular formula is C20H17N3O4S. The van der Waals surface area contributed by atoms with E-state index in [2.05, 4.69) is 15.6 Å². The van der Waals surface area contributed by atoms with E-state index in [0.29, 0.717) is 35.5 Å². The molecule has 2 N–H and O–H groups in total. The molecule has 0 spiro atoms. The van der Waals surface area contributed by atoms with E-state index in [1.807, 2.05) is 24.3 Å². The highest BCUT2D eigenvalue weighted by Gasteiger charge is 2.11. The molecule has 2 heterocycles. The molecule has 28 heavy (non-hydrogen) atoms. The Kier molecular flexibility index (Phi) is 4.94. The summed E-state index contributed by atoms with van der Waals surface area (Å²) >= 11 is 1.34. The Bertz CT molecular complexity index is 1090. The minimum absolute atomic E-state index is 0.137. The van der Waals surface area contributed by atoms with Crippen molar-refractivity contribution in [3.8, 4) is 11.5 Å². The summed E-state index contributed by atoms with van der Waals surface area (Å²) in [4.78, 5) is 27.8. The van der Waals surface area contributed by atoms with Crippen molar-refractivity contribution in [2.75, 3.05) is 23.8 Å². The van der Waals surface area contributed by atoms with Crippen LogP contribution in [0.15, 0.2) is 42.5 Å². The number of nitrogens with one attached hydrogen (secondary N) is 2. The van der Waals surface area contributed by atoms with Gasteiger partial charge in [-0.15, -0.1) is 0 Å². The molecular weight excluding hydrogens is 378 g/mol. The molecule has 142 valence electrons. The lowest BCUT2D eigenvalue weighted by atomic mass is 10.2. The summed E-state index contributed by atoms with van der Waals surface area (Å²) in [5.41, 5.74) is 2.29. The first kappa shape index (κ1) is 18.0. The van der Waals surface area contributed by atoms with Gasteiger partial charge in [-0.25, -0.2) is 4.98 Å². The van der Waals surface area contributed by atoms with Gasteiger partial charge in [0.05, 0.1) is 10.2 Å². The molecule has 0 aliphatic carbocycles. The summed E-state index contributed by atoms with van der Waals surface area (Å²) in [5.74, 6) is 0.966. The van der Waals surface area contributed by atoms with E-state index in [1.54, 1.807) is 18.2 Å². The molecule has 0 atom stereocenters. The molecule has 1 aromatic heterocycles. The van der Waals surface area contributed by atoms with E-state index < -0.39 is 0 Å². The van der Waals surface area contributed by atoms with Gasteiger partial charge < -0.3 is 14.8 Å². The summed E-state index contributed by atoms with van der Waals surface area (Å²) in [6.45, 7) is 2.51. The highest BCUT2D eigenvalue weighted by atomic mass is 32.1. The summed E-state index contributed by atoms with van der Waals surface area (Å²) in [5, 5.41) is 5.98. The number of thiazole rings is 1. The van der Waals surface area contributed by atoms with E-state index in [1.165, 1.54) is 24.3 Å². The quantitative estimate of drug-likeness (QED) is 0.658. The highest BCUT2D eigenvalue weighted by molar-refractivity contribution is 7.22. The second-order valence-corrected chi connectivity index (χ2v) is 7.14. The highest BCUT2D eigenvalue weighted by Crippen LogP contribution is 2.31. The minimum atomic E-state index is -0.281. The van der Waals surface area contributed by atoms with Crippen molar-refractivity contribution in [2.24, 2.45) is 0 Å². The predicted octanol–water partition coefficient (Wildman–Crippen LogP) is 3.68. The third-order valence-electron chi connectivity index (χ3n) is 3.93. The van der Waals surface area contributed by atoms with Gasteiger partial charge in [-0.05, 0) is 42.0 Å². The van der Waals surface area contributed by atoms with Gasteiger partial charge in [0.15, 0.2) is 16.6 Å². The first-order valence-electron chi connectivity index (χ1n) is 8.64. The number of hydrogen-bond donors (Lipinski definition) is 2. The number of amides is 2. The second-order valence-electron chi connectivity index (χ2n) is 6.11. The molecule has 0 unspecified atom stereocenters. The maximum atomic E-state index is 12.2. The molecule has 7 nitrogen and oxygen atoms in total. The van der Waals surface area contributed by atoms with Gasteiger partial charge in [0, 0.05) is 18.7 Å². The lowest BCUT2D eigenvalue weighted by Gasteiger charge is -2.18. The maximum absolute atomic E-state index is 12.2. The fourth-order valence-corrected chi connectivity index (χ4v) is 3.65. The zero-order valence-electron chi connectivity index (χ0n) is 15.0. The molecule has 2 amide bonds. The molecule has 0 radical (unpaired) electrons. The Hall–Kier alpha value is -3.39. The van der Waals surface area contributed by atoms with Crippen LogP contribution in [-0.2, 0) is 9.59 Å². The summed E-state index contributed by atoms with van der Waals surface area (Å²) in [6, 6.07) is 10.9. The SMILES string of the molecule is CC(=O)Nc1ccc2nc(NC(=O)/C=C/c3ccc4c(c3)OCCO4)sc2c1. The van der Waals surface area contributed by atoms with Gasteiger partial charge in [0.25, 0.3) is 0 Å². The van der Waals surface area contributed by atoms with Crippen LogP contribution in [0.1, 0.15) is 12.5 Å². The number of fused-ring (bicyclic) bond motifs is 2. The van der Waals surface area contributed by atoms with Crippen LogP contribution in [0.5, 0.6) is 11.5 Å². The molecule has 0 saturated carbocycles. The number of carbonyl (C=O) groups is 2. The van der Waals surface area contributed by atoms with E-state index in [4.69, 9.17) is 9.47 Å². The average Bonchev–Trinajstić information content (AvgIpc) is 3.07. The van der Waals surface area contributed by atoms with Crippen LogP contribution in [0.4, 0.5) is 10.8 Å². The second kappa shape index (κ2) is 7.69. The Labute approximate surface area is 165 Å². The minimum Gasteiger partial charge on any atom is -0.486 e. The van der Waals surface area contributed by atoms with Crippen LogP contribution < -0.4 is 20.1 Å². The molecule has 0 saturated heterocycles. The number of ether oxygens (including phenoxy) is 2. The Morgan fingerprint density at radius 2 is 1.89 bits per heavy atom. The molecule has 1 aliphatic rings. The Morgan fingerprint density at radius 3 is 2.71 bits per heavy atom. The van der Waals surface area contributed by atoms with Crippen LogP contribution >= 0.6 is 11.3 Å². The van der Waals surface area contributed by atoms with Gasteiger partial charge in [0.2, 0.25) is 11.8 Å². The monoisotopic (exact) mass is 395 g/mol. The van der Waals surface area contributed by atoms with Crippen molar-refractivity contribution in [1.29, 1.82) is 0 Å². The fourth-order valence-electron chi connectivity index (χ4n) is 2.74. The van der Waals surface area contributed by atoms with Crippen LogP contribution in [0.2, 0.25) is 0 Å². The Morgan fingerprint density at radius 1 is 1.07 bits per heavy atom. The molecule has 1 aliphatic heterocycles. The third kappa shape index (κ3) is 4.12. The van der Waals surface area contributed by atoms with Crippen molar-refractivity contribution < 1.29 is 19.1 Å². The van der Waals surface area contributed by atoms with Crippen molar-refractivity contribution in [1.82, 2.24) is 4.98 Å². The number of rotatable bonds is 4. The standard InChI is InChI=1S/C20H17N3O4S/c1-12(24)21-14-4-5-15-18(11-14)28-20(22-15)23-19(25)7-3-13-2-6-16-17(10-13)27-9-8-26-16/h2-7,10-11H,8-9H2,1H3,(H,21,24)(H,22,23,25)/b7-3+. The third-order valence-corrected chi connectivity index (χ3v) is 4.87. The molecule has 4 rings (SSSR count). The van der Waals surface area contributed by atoms with Crippen molar-refractivity contribution >= 4 is 50.3 Å². The van der Waals surface area contributed by atoms with Gasteiger partial charge in [-0.3, -0.25) is 14.9 Å². The van der Waals surface area contributed by atoms with Crippen molar-refractivity contribution in [3.63, 3.8) is 0 Å². The van der Waals surface area contributed by atoms with Crippen LogP contribution in [0, 0.1) is 0 Å². The zero-order valence-corrected chi connectivity index (χ0v) is 15.8. The van der Waals surface area contributed by atoms with E-state index in [9.17, 15) is 9.59 Å². The maximum Gasteiger partial charge on any atom is 0.250 e. The predicted molar refractivity (Wildman–Crippen MR) is 109 cm³/mol. The number of aromatic nitrogens is 1. The zero-order chi connectivity index (χ0) is 19.5. The van der Waals surface area contributed by atoms with E-state index >= 15 is 0 Å². The first-order valence-corrected chi connectivity index (χ1v) is 9.45. The van der Waals surface area contributed by atoms with Gasteiger partial charge in [-0.2, -0.15) is 0 Å². The van der Waals surface area contributed by atoms with E-state index in [-0.39, 0.29) is 11.8 Å². The fraction of sp³-hybridized carbons (Fsp3) is 0.150. The van der Waals surface area contributed by atoms with Gasteiger partial charge in [0.1, 0.15) is 13.2 Å². The topological polar surface area (TPSA) is 89.6 Å².